The van der Waals surface area contributed by atoms with Crippen molar-refractivity contribution in [3.8, 4) is 0 Å². The number of aliphatic hydroxyl groups is 1. The van der Waals surface area contributed by atoms with Gasteiger partial charge in [-0.2, -0.15) is 0 Å². The van der Waals surface area contributed by atoms with Crippen LogP contribution in [0.2, 0.25) is 0 Å². The largest absolute Gasteiger partial charge is 0.395 e. The molecule has 0 amide bonds. The summed E-state index contributed by atoms with van der Waals surface area (Å²) in [6.45, 7) is 15.4. The molecule has 0 aromatic carbocycles. The Kier molecular flexibility index (Phi) is 38.2. The maximum atomic E-state index is 9.56. The molecule has 2 aliphatic heterocycles. The van der Waals surface area contributed by atoms with E-state index in [1.54, 1.807) is 0 Å². The molecule has 2 aliphatic rings. The lowest BCUT2D eigenvalue weighted by Crippen LogP contribution is -2.33. The number of aldehydes is 2. The number of carbonyl (C=O) groups is 2. The van der Waals surface area contributed by atoms with Crippen LogP contribution in [0.5, 0.6) is 0 Å². The van der Waals surface area contributed by atoms with Crippen molar-refractivity contribution in [3.05, 3.63) is 0 Å². The van der Waals surface area contributed by atoms with Gasteiger partial charge in [-0.25, -0.2) is 0 Å². The predicted octanol–water partition coefficient (Wildman–Crippen LogP) is 8.68. The predicted molar refractivity (Wildman–Crippen MR) is 203 cm³/mol. The molecule has 0 aliphatic carbocycles. The van der Waals surface area contributed by atoms with Crippen LogP contribution in [0.3, 0.4) is 0 Å². The topological polar surface area (TPSA) is 91.3 Å². The van der Waals surface area contributed by atoms with Crippen LogP contribution >= 0.6 is 0 Å². The lowest BCUT2D eigenvalue weighted by molar-refractivity contribution is -0.108. The highest BCUT2D eigenvalue weighted by Crippen LogP contribution is 2.22. The van der Waals surface area contributed by atoms with E-state index in [-0.39, 0.29) is 6.61 Å². The molecule has 2 heterocycles. The molecule has 2 rings (SSSR count). The maximum Gasteiger partial charge on any atom is 0.120 e. The van der Waals surface area contributed by atoms with Gasteiger partial charge in [0.2, 0.25) is 0 Å². The first-order valence-electron chi connectivity index (χ1n) is 20.6. The maximum absolute atomic E-state index is 9.56. The number of ether oxygens (including phenoxy) is 2. The fraction of sp³-hybridized carbons (Fsp3) is 0.950. The zero-order valence-corrected chi connectivity index (χ0v) is 32.1. The molecule has 0 spiro atoms. The van der Waals surface area contributed by atoms with Crippen LogP contribution in [0.15, 0.2) is 0 Å². The number of nitrogens with one attached hydrogen (secondary N) is 1. The van der Waals surface area contributed by atoms with E-state index < -0.39 is 0 Å². The SMILES string of the molecule is CCCCCCCCN1CCOC1CCCC1OCCN1CCCCCCCC.CCCCCCCCNCCO.O=CCCCC=O. The summed E-state index contributed by atoms with van der Waals surface area (Å²) in [7, 11) is 0. The van der Waals surface area contributed by atoms with Gasteiger partial charge in [0.25, 0.3) is 0 Å². The third kappa shape index (κ3) is 30.0. The number of hydrogen-bond acceptors (Lipinski definition) is 8. The molecule has 0 bridgehead atoms. The third-order valence-electron chi connectivity index (χ3n) is 9.33. The Balaban J connectivity index is 0.000000954. The van der Waals surface area contributed by atoms with E-state index in [2.05, 4.69) is 35.9 Å². The van der Waals surface area contributed by atoms with Gasteiger partial charge in [-0.05, 0) is 51.5 Å². The molecule has 8 nitrogen and oxygen atoms in total. The highest BCUT2D eigenvalue weighted by Gasteiger charge is 2.27. The van der Waals surface area contributed by atoms with Crippen LogP contribution in [0, 0.1) is 0 Å². The number of rotatable bonds is 31. The molecule has 2 atom stereocenters. The number of unbranched alkanes of at least 4 members (excludes halogenated alkanes) is 17. The van der Waals surface area contributed by atoms with Crippen molar-refractivity contribution in [2.75, 3.05) is 59.1 Å². The molecule has 48 heavy (non-hydrogen) atoms. The number of hydrogen-bond donors (Lipinski definition) is 2. The van der Waals surface area contributed by atoms with Gasteiger partial charge in [-0.1, -0.05) is 117 Å². The summed E-state index contributed by atoms with van der Waals surface area (Å²) in [6, 6.07) is 0. The summed E-state index contributed by atoms with van der Waals surface area (Å²) >= 11 is 0. The molecular formula is C40H81N3O5. The Morgan fingerprint density at radius 3 is 1.40 bits per heavy atom. The second kappa shape index (κ2) is 38.9. The standard InChI is InChI=1S/C25H50N2O2.C10H23NO.C5H8O2/c1-3-5-7-9-11-13-18-26-20-22-28-24(26)16-15-17-25-27(21-23-29-25)19-14-12-10-8-6-4-2;1-2-3-4-5-6-7-8-11-9-10-12;6-4-2-1-3-5-7/h24-25H,3-23H2,1-2H3;11-12H,2-10H2,1H3;4-5H,1-3H2. The Morgan fingerprint density at radius 1 is 0.562 bits per heavy atom. The van der Waals surface area contributed by atoms with Crippen LogP contribution in [-0.2, 0) is 19.1 Å². The van der Waals surface area contributed by atoms with E-state index in [4.69, 9.17) is 14.6 Å². The summed E-state index contributed by atoms with van der Waals surface area (Å²) in [6.07, 6.45) is 32.2. The van der Waals surface area contributed by atoms with Gasteiger partial charge < -0.3 is 29.5 Å². The van der Waals surface area contributed by atoms with E-state index in [1.807, 2.05) is 0 Å². The molecule has 0 aromatic heterocycles. The second-order valence-corrected chi connectivity index (χ2v) is 13.7. The normalized spacial score (nSPS) is 17.9. The lowest BCUT2D eigenvalue weighted by atomic mass is 10.1. The van der Waals surface area contributed by atoms with Gasteiger partial charge in [0.05, 0.1) is 19.8 Å². The van der Waals surface area contributed by atoms with Crippen molar-refractivity contribution in [2.24, 2.45) is 0 Å². The molecule has 286 valence electrons. The van der Waals surface area contributed by atoms with Crippen LogP contribution in [0.4, 0.5) is 0 Å². The fourth-order valence-corrected chi connectivity index (χ4v) is 6.33. The van der Waals surface area contributed by atoms with Crippen LogP contribution in [0.1, 0.15) is 175 Å². The van der Waals surface area contributed by atoms with E-state index in [0.29, 0.717) is 31.7 Å². The van der Waals surface area contributed by atoms with Gasteiger partial charge in [0, 0.05) is 45.6 Å². The fourth-order valence-electron chi connectivity index (χ4n) is 6.33. The summed E-state index contributed by atoms with van der Waals surface area (Å²) < 4.78 is 12.1. The Labute approximate surface area is 297 Å². The monoisotopic (exact) mass is 684 g/mol. The third-order valence-corrected chi connectivity index (χ3v) is 9.33. The Morgan fingerprint density at radius 2 is 0.979 bits per heavy atom. The van der Waals surface area contributed by atoms with Crippen molar-refractivity contribution in [3.63, 3.8) is 0 Å². The summed E-state index contributed by atoms with van der Waals surface area (Å²) in [4.78, 5) is 24.3. The van der Waals surface area contributed by atoms with Crippen molar-refractivity contribution >= 4 is 12.6 Å². The van der Waals surface area contributed by atoms with E-state index >= 15 is 0 Å². The minimum absolute atomic E-state index is 0.260. The number of carbonyl (C=O) groups excluding carboxylic acids is 2. The second-order valence-electron chi connectivity index (χ2n) is 13.7. The molecule has 2 fully saturated rings. The van der Waals surface area contributed by atoms with Gasteiger partial charge in [0.1, 0.15) is 25.0 Å². The Hall–Kier alpha value is -0.900. The molecule has 2 saturated heterocycles. The highest BCUT2D eigenvalue weighted by molar-refractivity contribution is 5.52. The van der Waals surface area contributed by atoms with Gasteiger partial charge >= 0.3 is 0 Å². The average Bonchev–Trinajstić information content (AvgIpc) is 3.75. The first kappa shape index (κ1) is 47.1. The van der Waals surface area contributed by atoms with Crippen molar-refractivity contribution in [1.82, 2.24) is 15.1 Å². The van der Waals surface area contributed by atoms with Crippen LogP contribution in [-0.4, -0.2) is 99.0 Å². The minimum atomic E-state index is 0.260. The van der Waals surface area contributed by atoms with E-state index in [1.165, 1.54) is 148 Å². The van der Waals surface area contributed by atoms with Crippen molar-refractivity contribution < 1.29 is 24.2 Å². The van der Waals surface area contributed by atoms with Gasteiger partial charge in [-0.3, -0.25) is 9.80 Å². The molecule has 8 heteroatoms. The molecule has 2 N–H and O–H groups in total. The summed E-state index contributed by atoms with van der Waals surface area (Å²) in [5.74, 6) is 0. The zero-order chi connectivity index (χ0) is 35.2. The molecule has 0 radical (unpaired) electrons. The number of nitrogens with zero attached hydrogens (tertiary/aromatic N) is 2. The molecular weight excluding hydrogens is 602 g/mol. The first-order valence-corrected chi connectivity index (χ1v) is 20.6. The number of aliphatic hydroxyl groups excluding tert-OH is 1. The van der Waals surface area contributed by atoms with E-state index in [0.717, 1.165) is 52.0 Å². The molecule has 0 aromatic rings. The first-order chi connectivity index (χ1) is 23.7. The smallest absolute Gasteiger partial charge is 0.120 e. The highest BCUT2D eigenvalue weighted by atomic mass is 16.5. The summed E-state index contributed by atoms with van der Waals surface area (Å²) in [5.41, 5.74) is 0. The molecule has 2 unspecified atom stereocenters. The van der Waals surface area contributed by atoms with Crippen LogP contribution in [0.25, 0.3) is 0 Å². The van der Waals surface area contributed by atoms with Crippen molar-refractivity contribution in [2.45, 2.75) is 187 Å². The van der Waals surface area contributed by atoms with Gasteiger partial charge in [-0.15, -0.1) is 0 Å². The molecule has 0 saturated carbocycles. The van der Waals surface area contributed by atoms with Gasteiger partial charge in [0.15, 0.2) is 0 Å². The average molecular weight is 684 g/mol. The lowest BCUT2D eigenvalue weighted by Gasteiger charge is -2.25. The van der Waals surface area contributed by atoms with E-state index in [9.17, 15) is 9.59 Å². The summed E-state index contributed by atoms with van der Waals surface area (Å²) in [5, 5.41) is 11.7. The van der Waals surface area contributed by atoms with Crippen LogP contribution < -0.4 is 5.32 Å². The Bertz CT molecular complexity index is 604. The van der Waals surface area contributed by atoms with Crippen molar-refractivity contribution in [1.29, 1.82) is 0 Å². The minimum Gasteiger partial charge on any atom is -0.395 e. The zero-order valence-electron chi connectivity index (χ0n) is 32.1. The quantitative estimate of drug-likeness (QED) is 0.0554.